The summed E-state index contributed by atoms with van der Waals surface area (Å²) in [6, 6.07) is 13.8. The fourth-order valence-electron chi connectivity index (χ4n) is 2.82. The van der Waals surface area contributed by atoms with Crippen molar-refractivity contribution in [1.82, 2.24) is 4.98 Å². The van der Waals surface area contributed by atoms with Crippen LogP contribution in [0.5, 0.6) is 0 Å². The van der Waals surface area contributed by atoms with Crippen LogP contribution in [0.1, 0.15) is 46.6 Å². The third-order valence-corrected chi connectivity index (χ3v) is 4.26. The van der Waals surface area contributed by atoms with E-state index >= 15 is 0 Å². The molecule has 0 bridgehead atoms. The highest BCUT2D eigenvalue weighted by Gasteiger charge is 2.15. The molecule has 136 valence electrons. The largest absolute Gasteiger partial charge is 0.436 e. The molecule has 4 nitrogen and oxygen atoms in total. The predicted octanol–water partition coefficient (Wildman–Crippen LogP) is 5.78. The Balaban J connectivity index is 1.84. The quantitative estimate of drug-likeness (QED) is 0.649. The minimum Gasteiger partial charge on any atom is -0.436 e. The summed E-state index contributed by atoms with van der Waals surface area (Å²) in [6.07, 6.45) is 0.502. The van der Waals surface area contributed by atoms with Crippen molar-refractivity contribution in [3.63, 3.8) is 0 Å². The number of fused-ring (bicyclic) bond motifs is 1. The zero-order valence-corrected chi connectivity index (χ0v) is 16.1. The monoisotopic (exact) mass is 350 g/mol. The van der Waals surface area contributed by atoms with Gasteiger partial charge in [0.05, 0.1) is 0 Å². The lowest BCUT2D eigenvalue weighted by Crippen LogP contribution is -2.13. The minimum absolute atomic E-state index is 0.0147. The van der Waals surface area contributed by atoms with Crippen LogP contribution in [0.4, 0.5) is 5.69 Å². The van der Waals surface area contributed by atoms with Crippen molar-refractivity contribution in [2.45, 2.75) is 46.5 Å². The van der Waals surface area contributed by atoms with Crippen molar-refractivity contribution >= 4 is 22.7 Å². The van der Waals surface area contributed by atoms with Crippen LogP contribution in [0.2, 0.25) is 0 Å². The Morgan fingerprint density at radius 2 is 1.81 bits per heavy atom. The van der Waals surface area contributed by atoms with E-state index in [4.69, 9.17) is 4.42 Å². The van der Waals surface area contributed by atoms with Crippen LogP contribution in [0, 0.1) is 5.92 Å². The lowest BCUT2D eigenvalue weighted by atomic mass is 9.87. The third-order valence-electron chi connectivity index (χ3n) is 4.26. The molecule has 0 fully saturated rings. The van der Waals surface area contributed by atoms with Crippen LogP contribution >= 0.6 is 0 Å². The number of carbonyl (C=O) groups is 1. The lowest BCUT2D eigenvalue weighted by Gasteiger charge is -2.18. The Hall–Kier alpha value is -2.62. The number of amides is 1. The molecule has 0 aliphatic heterocycles. The summed E-state index contributed by atoms with van der Waals surface area (Å²) in [6.45, 7) is 10.6. The van der Waals surface area contributed by atoms with Gasteiger partial charge in [-0.2, -0.15) is 0 Å². The van der Waals surface area contributed by atoms with Gasteiger partial charge in [0, 0.05) is 17.7 Å². The van der Waals surface area contributed by atoms with Crippen LogP contribution < -0.4 is 5.32 Å². The summed E-state index contributed by atoms with van der Waals surface area (Å²) < 4.78 is 5.88. The highest BCUT2D eigenvalue weighted by atomic mass is 16.3. The molecular formula is C22H26N2O2. The predicted molar refractivity (Wildman–Crippen MR) is 106 cm³/mol. The molecule has 0 saturated carbocycles. The Morgan fingerprint density at radius 3 is 2.42 bits per heavy atom. The minimum atomic E-state index is 0.0147. The third kappa shape index (κ3) is 4.13. The molecule has 0 radical (unpaired) electrons. The SMILES string of the molecule is CC(C)CC(=O)Nc1ccc2oc(-c3ccc(C(C)(C)C)cc3)nc2c1. The lowest BCUT2D eigenvalue weighted by molar-refractivity contribution is -0.116. The van der Waals surface area contributed by atoms with Gasteiger partial charge in [-0.3, -0.25) is 4.79 Å². The first kappa shape index (κ1) is 18.2. The maximum atomic E-state index is 11.9. The second-order valence-corrected chi connectivity index (χ2v) is 8.18. The Morgan fingerprint density at radius 1 is 1.12 bits per heavy atom. The first-order chi connectivity index (χ1) is 12.2. The molecule has 0 spiro atoms. The van der Waals surface area contributed by atoms with Gasteiger partial charge in [-0.05, 0) is 47.2 Å². The number of aromatic nitrogens is 1. The van der Waals surface area contributed by atoms with Crippen molar-refractivity contribution in [2.24, 2.45) is 5.92 Å². The second-order valence-electron chi connectivity index (χ2n) is 8.18. The van der Waals surface area contributed by atoms with Crippen LogP contribution in [-0.4, -0.2) is 10.9 Å². The Bertz CT molecular complexity index is 915. The fraction of sp³-hybridized carbons (Fsp3) is 0.364. The molecular weight excluding hydrogens is 324 g/mol. The van der Waals surface area contributed by atoms with Crippen molar-refractivity contribution in [2.75, 3.05) is 5.32 Å². The molecule has 0 aliphatic carbocycles. The van der Waals surface area contributed by atoms with Crippen molar-refractivity contribution < 1.29 is 9.21 Å². The molecule has 1 aromatic heterocycles. The summed E-state index contributed by atoms with van der Waals surface area (Å²) in [5, 5.41) is 2.92. The highest BCUT2D eigenvalue weighted by Crippen LogP contribution is 2.29. The van der Waals surface area contributed by atoms with E-state index in [1.54, 1.807) is 0 Å². The van der Waals surface area contributed by atoms with Gasteiger partial charge < -0.3 is 9.73 Å². The van der Waals surface area contributed by atoms with Crippen LogP contribution in [0.25, 0.3) is 22.6 Å². The number of nitrogens with one attached hydrogen (secondary N) is 1. The number of hydrogen-bond acceptors (Lipinski definition) is 3. The molecule has 0 unspecified atom stereocenters. The summed E-state index contributed by atoms with van der Waals surface area (Å²) in [5.41, 5.74) is 4.52. The highest BCUT2D eigenvalue weighted by molar-refractivity contribution is 5.93. The molecule has 0 atom stereocenters. The van der Waals surface area contributed by atoms with E-state index in [-0.39, 0.29) is 11.3 Å². The van der Waals surface area contributed by atoms with E-state index in [1.807, 2.05) is 44.2 Å². The van der Waals surface area contributed by atoms with Gasteiger partial charge in [0.15, 0.2) is 5.58 Å². The molecule has 2 aromatic carbocycles. The average Bonchev–Trinajstić information content (AvgIpc) is 2.96. The van der Waals surface area contributed by atoms with Crippen LogP contribution in [0.3, 0.4) is 0 Å². The number of anilines is 1. The molecule has 3 rings (SSSR count). The van der Waals surface area contributed by atoms with E-state index in [0.717, 1.165) is 16.8 Å². The number of oxazole rings is 1. The normalized spacial score (nSPS) is 11.9. The topological polar surface area (TPSA) is 55.1 Å². The maximum absolute atomic E-state index is 11.9. The molecule has 0 saturated heterocycles. The van der Waals surface area contributed by atoms with Crippen LogP contribution in [0.15, 0.2) is 46.9 Å². The van der Waals surface area contributed by atoms with Crippen molar-refractivity contribution in [1.29, 1.82) is 0 Å². The standard InChI is InChI=1S/C22H26N2O2/c1-14(2)12-20(25)23-17-10-11-19-18(13-17)24-21(26-19)15-6-8-16(9-7-15)22(3,4)5/h6-11,13-14H,12H2,1-5H3,(H,23,25). The first-order valence-corrected chi connectivity index (χ1v) is 9.04. The molecule has 1 N–H and O–H groups in total. The Labute approximate surface area is 154 Å². The van der Waals surface area contributed by atoms with E-state index in [9.17, 15) is 4.79 Å². The molecule has 3 aromatic rings. The number of benzene rings is 2. The van der Waals surface area contributed by atoms with Crippen LogP contribution in [-0.2, 0) is 10.2 Å². The number of carbonyl (C=O) groups excluding carboxylic acids is 1. The van der Waals surface area contributed by atoms with Gasteiger partial charge in [-0.15, -0.1) is 0 Å². The maximum Gasteiger partial charge on any atom is 0.227 e. The second kappa shape index (κ2) is 6.94. The summed E-state index contributed by atoms with van der Waals surface area (Å²) in [4.78, 5) is 16.5. The van der Waals surface area contributed by atoms with Crippen molar-refractivity contribution in [3.05, 3.63) is 48.0 Å². The molecule has 1 amide bonds. The van der Waals surface area contributed by atoms with Gasteiger partial charge in [-0.25, -0.2) is 4.98 Å². The van der Waals surface area contributed by atoms with E-state index < -0.39 is 0 Å². The zero-order valence-electron chi connectivity index (χ0n) is 16.1. The smallest absolute Gasteiger partial charge is 0.227 e. The van der Waals surface area contributed by atoms with Gasteiger partial charge >= 0.3 is 0 Å². The summed E-state index contributed by atoms with van der Waals surface area (Å²) in [7, 11) is 0. The average molecular weight is 350 g/mol. The van der Waals surface area contributed by atoms with E-state index in [1.165, 1.54) is 5.56 Å². The fourth-order valence-corrected chi connectivity index (χ4v) is 2.82. The summed E-state index contributed by atoms with van der Waals surface area (Å²) in [5.74, 6) is 0.931. The number of rotatable bonds is 4. The molecule has 0 aliphatic rings. The van der Waals surface area contributed by atoms with Gasteiger partial charge in [0.2, 0.25) is 11.8 Å². The Kier molecular flexibility index (Phi) is 4.86. The van der Waals surface area contributed by atoms with Gasteiger partial charge in [-0.1, -0.05) is 46.8 Å². The molecule has 1 heterocycles. The van der Waals surface area contributed by atoms with Crippen molar-refractivity contribution in [3.8, 4) is 11.5 Å². The first-order valence-electron chi connectivity index (χ1n) is 9.04. The van der Waals surface area contributed by atoms with Gasteiger partial charge in [0.25, 0.3) is 0 Å². The summed E-state index contributed by atoms with van der Waals surface area (Å²) >= 11 is 0. The van der Waals surface area contributed by atoms with Gasteiger partial charge in [0.1, 0.15) is 5.52 Å². The number of hydrogen-bond donors (Lipinski definition) is 1. The van der Waals surface area contributed by atoms with E-state index in [2.05, 4.69) is 43.2 Å². The zero-order chi connectivity index (χ0) is 18.9. The molecule has 26 heavy (non-hydrogen) atoms. The number of nitrogens with zero attached hydrogens (tertiary/aromatic N) is 1. The van der Waals surface area contributed by atoms with E-state index in [0.29, 0.717) is 23.8 Å². The molecule has 4 heteroatoms.